The summed E-state index contributed by atoms with van der Waals surface area (Å²) in [4.78, 5) is 8.40. The maximum atomic E-state index is 8.73. The molecule has 0 aliphatic carbocycles. The third-order valence-corrected chi connectivity index (χ3v) is 3.09. The van der Waals surface area contributed by atoms with Crippen molar-refractivity contribution < 1.29 is 0 Å². The van der Waals surface area contributed by atoms with Crippen LogP contribution in [0.4, 0.5) is 11.8 Å². The van der Waals surface area contributed by atoms with E-state index in [-0.39, 0.29) is 0 Å². The van der Waals surface area contributed by atoms with E-state index in [0.717, 1.165) is 15.9 Å². The molecule has 1 aromatic carbocycles. The molecule has 0 saturated carbocycles. The Morgan fingerprint density at radius 1 is 1.32 bits per heavy atom. The van der Waals surface area contributed by atoms with Gasteiger partial charge in [0.2, 0.25) is 5.95 Å². The Balaban J connectivity index is 2.07. The van der Waals surface area contributed by atoms with Gasteiger partial charge in [-0.05, 0) is 33.6 Å². The maximum absolute atomic E-state index is 8.73. The highest BCUT2D eigenvalue weighted by atomic mass is 79.9. The number of hydrogen-bond acceptors (Lipinski definition) is 5. The predicted octanol–water partition coefficient (Wildman–Crippen LogP) is 2.76. The summed E-state index contributed by atoms with van der Waals surface area (Å²) in [7, 11) is 1.77. The lowest BCUT2D eigenvalue weighted by atomic mass is 10.1. The second-order valence-corrected chi connectivity index (χ2v) is 4.66. The number of nitrogens with zero attached hydrogens (tertiary/aromatic N) is 3. The molecule has 0 unspecified atom stereocenters. The van der Waals surface area contributed by atoms with E-state index in [4.69, 9.17) is 5.26 Å². The third kappa shape index (κ3) is 3.42. The largest absolute Gasteiger partial charge is 0.365 e. The molecule has 2 rings (SSSR count). The number of benzene rings is 1. The van der Waals surface area contributed by atoms with Crippen molar-refractivity contribution in [1.29, 1.82) is 5.26 Å². The van der Waals surface area contributed by atoms with Crippen LogP contribution in [0.1, 0.15) is 11.1 Å². The second-order valence-electron chi connectivity index (χ2n) is 3.80. The normalized spacial score (nSPS) is 9.74. The highest BCUT2D eigenvalue weighted by Gasteiger charge is 2.04. The first-order valence-corrected chi connectivity index (χ1v) is 6.45. The van der Waals surface area contributed by atoms with Gasteiger partial charge >= 0.3 is 0 Å². The first-order valence-electron chi connectivity index (χ1n) is 5.66. The van der Waals surface area contributed by atoms with E-state index in [0.29, 0.717) is 18.1 Å². The summed E-state index contributed by atoms with van der Waals surface area (Å²) in [5, 5.41) is 14.8. The Labute approximate surface area is 119 Å². The summed E-state index contributed by atoms with van der Waals surface area (Å²) in [6, 6.07) is 9.52. The van der Waals surface area contributed by atoms with Gasteiger partial charge in [-0.1, -0.05) is 12.1 Å². The quantitative estimate of drug-likeness (QED) is 0.907. The minimum atomic E-state index is 0.561. The number of nitrogens with one attached hydrogen (secondary N) is 2. The lowest BCUT2D eigenvalue weighted by molar-refractivity contribution is 1.07. The van der Waals surface area contributed by atoms with E-state index >= 15 is 0 Å². The van der Waals surface area contributed by atoms with E-state index in [2.05, 4.69) is 42.6 Å². The van der Waals surface area contributed by atoms with Crippen LogP contribution < -0.4 is 10.6 Å². The van der Waals surface area contributed by atoms with Crippen LogP contribution >= 0.6 is 15.9 Å². The van der Waals surface area contributed by atoms with E-state index in [1.165, 1.54) is 0 Å². The van der Waals surface area contributed by atoms with E-state index in [1.807, 2.05) is 12.1 Å². The third-order valence-electron chi connectivity index (χ3n) is 2.51. The Hall–Kier alpha value is -2.13. The van der Waals surface area contributed by atoms with Crippen molar-refractivity contribution >= 4 is 27.7 Å². The molecule has 0 fully saturated rings. The second kappa shape index (κ2) is 6.16. The highest BCUT2D eigenvalue weighted by Crippen LogP contribution is 2.20. The molecule has 2 aromatic rings. The number of halogens is 1. The lowest BCUT2D eigenvalue weighted by Crippen LogP contribution is -2.05. The zero-order chi connectivity index (χ0) is 13.7. The summed E-state index contributed by atoms with van der Waals surface area (Å²) in [6.07, 6.45) is 1.69. The number of rotatable bonds is 4. The van der Waals surface area contributed by atoms with Crippen LogP contribution in [0, 0.1) is 11.3 Å². The standard InChI is InChI=1S/C13H12BrN5/c1-16-13-18-8-11(14)12(19-13)17-7-10-4-2-9(6-15)3-5-10/h2-5,8H,7H2,1H3,(H2,16,17,18,19). The van der Waals surface area contributed by atoms with Crippen LogP contribution in [0.15, 0.2) is 34.9 Å². The summed E-state index contributed by atoms with van der Waals surface area (Å²) in [5.74, 6) is 1.29. The molecule has 19 heavy (non-hydrogen) atoms. The van der Waals surface area contributed by atoms with Crippen LogP contribution in [-0.4, -0.2) is 17.0 Å². The molecule has 6 heteroatoms. The molecule has 0 spiro atoms. The minimum absolute atomic E-state index is 0.561. The fourth-order valence-corrected chi connectivity index (χ4v) is 1.83. The molecular weight excluding hydrogens is 306 g/mol. The number of anilines is 2. The van der Waals surface area contributed by atoms with Crippen molar-refractivity contribution in [1.82, 2.24) is 9.97 Å². The molecule has 0 radical (unpaired) electrons. The highest BCUT2D eigenvalue weighted by molar-refractivity contribution is 9.10. The maximum Gasteiger partial charge on any atom is 0.224 e. The van der Waals surface area contributed by atoms with Gasteiger partial charge in [-0.25, -0.2) is 4.98 Å². The number of aromatic nitrogens is 2. The van der Waals surface area contributed by atoms with Crippen LogP contribution in [0.5, 0.6) is 0 Å². The predicted molar refractivity (Wildman–Crippen MR) is 77.8 cm³/mol. The Bertz CT molecular complexity index is 603. The van der Waals surface area contributed by atoms with Gasteiger partial charge in [0.15, 0.2) is 0 Å². The molecule has 5 nitrogen and oxygen atoms in total. The van der Waals surface area contributed by atoms with Gasteiger partial charge in [0.05, 0.1) is 16.1 Å². The van der Waals surface area contributed by atoms with Crippen molar-refractivity contribution in [2.75, 3.05) is 17.7 Å². The average molecular weight is 318 g/mol. The molecule has 2 N–H and O–H groups in total. The molecule has 96 valence electrons. The molecule has 0 aliphatic rings. The Morgan fingerprint density at radius 2 is 2.05 bits per heavy atom. The van der Waals surface area contributed by atoms with Gasteiger partial charge < -0.3 is 10.6 Å². The molecule has 0 aliphatic heterocycles. The SMILES string of the molecule is CNc1ncc(Br)c(NCc2ccc(C#N)cc2)n1. The summed E-state index contributed by atoms with van der Waals surface area (Å²) in [5.41, 5.74) is 1.74. The minimum Gasteiger partial charge on any atom is -0.365 e. The molecule has 0 amide bonds. The van der Waals surface area contributed by atoms with E-state index in [9.17, 15) is 0 Å². The number of nitriles is 1. The summed E-state index contributed by atoms with van der Waals surface area (Å²) in [6.45, 7) is 0.629. The van der Waals surface area contributed by atoms with Crippen molar-refractivity contribution in [3.8, 4) is 6.07 Å². The topological polar surface area (TPSA) is 73.6 Å². The van der Waals surface area contributed by atoms with Crippen molar-refractivity contribution in [2.45, 2.75) is 6.54 Å². The van der Waals surface area contributed by atoms with Gasteiger partial charge in [0.1, 0.15) is 5.82 Å². The Kier molecular flexibility index (Phi) is 4.31. The molecule has 1 aromatic heterocycles. The zero-order valence-corrected chi connectivity index (χ0v) is 11.9. The lowest BCUT2D eigenvalue weighted by Gasteiger charge is -2.08. The summed E-state index contributed by atoms with van der Waals surface area (Å²) < 4.78 is 0.806. The van der Waals surface area contributed by atoms with Gasteiger partial charge in [-0.2, -0.15) is 10.2 Å². The van der Waals surface area contributed by atoms with Gasteiger partial charge in [-0.3, -0.25) is 0 Å². The fourth-order valence-electron chi connectivity index (χ4n) is 1.49. The fraction of sp³-hybridized carbons (Fsp3) is 0.154. The van der Waals surface area contributed by atoms with Gasteiger partial charge in [0.25, 0.3) is 0 Å². The van der Waals surface area contributed by atoms with Crippen molar-refractivity contribution in [3.63, 3.8) is 0 Å². The van der Waals surface area contributed by atoms with Crippen LogP contribution in [0.3, 0.4) is 0 Å². The van der Waals surface area contributed by atoms with Crippen LogP contribution in [0.25, 0.3) is 0 Å². The van der Waals surface area contributed by atoms with E-state index in [1.54, 1.807) is 25.4 Å². The van der Waals surface area contributed by atoms with Gasteiger partial charge in [-0.15, -0.1) is 0 Å². The molecule has 0 bridgehead atoms. The van der Waals surface area contributed by atoms with Crippen LogP contribution in [0.2, 0.25) is 0 Å². The van der Waals surface area contributed by atoms with Crippen molar-refractivity contribution in [3.05, 3.63) is 46.1 Å². The number of hydrogen-bond donors (Lipinski definition) is 2. The monoisotopic (exact) mass is 317 g/mol. The molecular formula is C13H12BrN5. The van der Waals surface area contributed by atoms with Gasteiger partial charge in [0, 0.05) is 19.8 Å². The first kappa shape index (κ1) is 13.3. The smallest absolute Gasteiger partial charge is 0.224 e. The Morgan fingerprint density at radius 3 is 2.68 bits per heavy atom. The molecule has 0 atom stereocenters. The zero-order valence-electron chi connectivity index (χ0n) is 10.3. The van der Waals surface area contributed by atoms with Crippen molar-refractivity contribution in [2.24, 2.45) is 0 Å². The summed E-state index contributed by atoms with van der Waals surface area (Å²) >= 11 is 3.40. The molecule has 0 saturated heterocycles. The molecule has 1 heterocycles. The first-order chi connectivity index (χ1) is 9.22. The van der Waals surface area contributed by atoms with Crippen LogP contribution in [-0.2, 0) is 6.54 Å². The average Bonchev–Trinajstić information content (AvgIpc) is 2.47. The van der Waals surface area contributed by atoms with E-state index < -0.39 is 0 Å².